The summed E-state index contributed by atoms with van der Waals surface area (Å²) in [5.41, 5.74) is 6.62. The predicted octanol–water partition coefficient (Wildman–Crippen LogP) is 5.03. The molecule has 0 spiro atoms. The highest BCUT2D eigenvalue weighted by Gasteiger charge is 2.28. The van der Waals surface area contributed by atoms with Crippen molar-refractivity contribution in [1.82, 2.24) is 20.0 Å². The van der Waals surface area contributed by atoms with Crippen LogP contribution in [0, 0.1) is 17.7 Å². The number of rotatable bonds is 5. The standard InChI is InChI=1S/C29H27FN4OS/c1-33-9-11-34(12-10-33)18-20-14-25-24(27(30)15-20)17-26-28(31-32-29(25)26)21-16-23(36-19-21)8-5-13-35-22-6-3-2-4-7-22/h2-4,6-7,14-16,19H,9-13,17-18H2,1H3,(H,31,32). The Morgan fingerprint density at radius 2 is 1.92 bits per heavy atom. The highest BCUT2D eigenvalue weighted by Crippen LogP contribution is 2.42. The van der Waals surface area contributed by atoms with Gasteiger partial charge < -0.3 is 9.64 Å². The van der Waals surface area contributed by atoms with Gasteiger partial charge in [0.1, 0.15) is 18.2 Å². The molecule has 2 aromatic carbocycles. The minimum atomic E-state index is -0.123. The van der Waals surface area contributed by atoms with Crippen molar-refractivity contribution in [1.29, 1.82) is 0 Å². The number of hydrogen-bond acceptors (Lipinski definition) is 5. The minimum Gasteiger partial charge on any atom is -0.481 e. The van der Waals surface area contributed by atoms with Gasteiger partial charge in [0.2, 0.25) is 0 Å². The lowest BCUT2D eigenvalue weighted by Crippen LogP contribution is -2.43. The van der Waals surface area contributed by atoms with E-state index in [0.29, 0.717) is 13.0 Å². The fraction of sp³-hybridized carbons (Fsp3) is 0.276. The molecule has 5 nitrogen and oxygen atoms in total. The quantitative estimate of drug-likeness (QED) is 0.346. The molecule has 0 bridgehead atoms. The number of hydrogen-bond donors (Lipinski definition) is 1. The largest absolute Gasteiger partial charge is 0.481 e. The third kappa shape index (κ3) is 4.68. The topological polar surface area (TPSA) is 44.4 Å². The van der Waals surface area contributed by atoms with Gasteiger partial charge in [0.15, 0.2) is 0 Å². The molecule has 1 N–H and O–H groups in total. The number of H-pyrrole nitrogens is 1. The zero-order chi connectivity index (χ0) is 24.5. The zero-order valence-electron chi connectivity index (χ0n) is 20.2. The molecule has 0 saturated carbocycles. The van der Waals surface area contributed by atoms with E-state index in [-0.39, 0.29) is 5.82 Å². The Bertz CT molecular complexity index is 1440. The van der Waals surface area contributed by atoms with Crippen molar-refractivity contribution in [3.63, 3.8) is 0 Å². The molecule has 0 unspecified atom stereocenters. The molecule has 4 aromatic rings. The van der Waals surface area contributed by atoms with E-state index in [2.05, 4.69) is 56.4 Å². The first-order valence-electron chi connectivity index (χ1n) is 12.2. The number of fused-ring (bicyclic) bond motifs is 3. The Kier molecular flexibility index (Phi) is 6.32. The Morgan fingerprint density at radius 3 is 2.75 bits per heavy atom. The highest BCUT2D eigenvalue weighted by atomic mass is 32.1. The first-order valence-corrected chi connectivity index (χ1v) is 13.1. The number of aromatic amines is 1. The number of ether oxygens (including phenoxy) is 1. The summed E-state index contributed by atoms with van der Waals surface area (Å²) < 4.78 is 20.8. The number of nitrogens with zero attached hydrogens (tertiary/aromatic N) is 3. The van der Waals surface area contributed by atoms with Crippen LogP contribution in [0.4, 0.5) is 4.39 Å². The van der Waals surface area contributed by atoms with Crippen molar-refractivity contribution < 1.29 is 9.13 Å². The van der Waals surface area contributed by atoms with E-state index < -0.39 is 0 Å². The number of aromatic nitrogens is 2. The van der Waals surface area contributed by atoms with E-state index >= 15 is 4.39 Å². The number of piperazine rings is 1. The van der Waals surface area contributed by atoms with Crippen molar-refractivity contribution >= 4 is 11.3 Å². The summed E-state index contributed by atoms with van der Waals surface area (Å²) in [6, 6.07) is 15.6. The predicted molar refractivity (Wildman–Crippen MR) is 142 cm³/mol. The Labute approximate surface area is 214 Å². The van der Waals surface area contributed by atoms with Crippen LogP contribution in [0.15, 0.2) is 53.9 Å². The first-order chi connectivity index (χ1) is 17.6. The summed E-state index contributed by atoms with van der Waals surface area (Å²) in [5.74, 6) is 6.94. The van der Waals surface area contributed by atoms with Gasteiger partial charge in [-0.2, -0.15) is 5.10 Å². The molecule has 36 heavy (non-hydrogen) atoms. The number of nitrogens with one attached hydrogen (secondary N) is 1. The maximum atomic E-state index is 15.2. The van der Waals surface area contributed by atoms with Crippen LogP contribution in [-0.4, -0.2) is 59.8 Å². The molecule has 1 aliphatic heterocycles. The van der Waals surface area contributed by atoms with Gasteiger partial charge in [-0.25, -0.2) is 4.39 Å². The van der Waals surface area contributed by atoms with Crippen LogP contribution in [0.1, 0.15) is 21.6 Å². The average molecular weight is 499 g/mol. The molecule has 1 fully saturated rings. The van der Waals surface area contributed by atoms with E-state index in [9.17, 15) is 0 Å². The third-order valence-electron chi connectivity index (χ3n) is 6.89. The second-order valence-electron chi connectivity index (χ2n) is 9.39. The smallest absolute Gasteiger partial charge is 0.149 e. The number of para-hydroxylation sites is 1. The average Bonchev–Trinajstić information content (AvgIpc) is 3.60. The van der Waals surface area contributed by atoms with Crippen LogP contribution in [0.25, 0.3) is 22.5 Å². The molecule has 1 aliphatic carbocycles. The van der Waals surface area contributed by atoms with E-state index in [1.165, 1.54) is 0 Å². The van der Waals surface area contributed by atoms with Gasteiger partial charge in [0.25, 0.3) is 0 Å². The molecule has 7 heteroatoms. The van der Waals surface area contributed by atoms with E-state index in [1.807, 2.05) is 30.3 Å². The summed E-state index contributed by atoms with van der Waals surface area (Å²) in [6.07, 6.45) is 0.554. The van der Waals surface area contributed by atoms with Crippen molar-refractivity contribution in [3.8, 4) is 40.1 Å². The van der Waals surface area contributed by atoms with Gasteiger partial charge in [-0.1, -0.05) is 30.0 Å². The van der Waals surface area contributed by atoms with Crippen LogP contribution in [0.2, 0.25) is 0 Å². The minimum absolute atomic E-state index is 0.123. The van der Waals surface area contributed by atoms with Gasteiger partial charge in [0.05, 0.1) is 16.3 Å². The lowest BCUT2D eigenvalue weighted by atomic mass is 10.0. The summed E-state index contributed by atoms with van der Waals surface area (Å²) >= 11 is 1.58. The molecule has 2 aliphatic rings. The molecule has 6 rings (SSSR count). The maximum absolute atomic E-state index is 15.2. The summed E-state index contributed by atoms with van der Waals surface area (Å²) in [6.45, 7) is 5.23. The fourth-order valence-electron chi connectivity index (χ4n) is 4.91. The van der Waals surface area contributed by atoms with Gasteiger partial charge in [-0.15, -0.1) is 11.3 Å². The number of thiophene rings is 1. The van der Waals surface area contributed by atoms with E-state index in [1.54, 1.807) is 17.4 Å². The van der Waals surface area contributed by atoms with E-state index in [0.717, 1.165) is 82.6 Å². The zero-order valence-corrected chi connectivity index (χ0v) is 21.0. The molecule has 0 atom stereocenters. The lowest BCUT2D eigenvalue weighted by molar-refractivity contribution is 0.148. The molecule has 0 radical (unpaired) electrons. The van der Waals surface area contributed by atoms with Crippen molar-refractivity contribution in [3.05, 3.63) is 81.3 Å². The summed E-state index contributed by atoms with van der Waals surface area (Å²) in [7, 11) is 2.15. The summed E-state index contributed by atoms with van der Waals surface area (Å²) in [4.78, 5) is 5.68. The van der Waals surface area contributed by atoms with Gasteiger partial charge in [0, 0.05) is 66.8 Å². The van der Waals surface area contributed by atoms with Crippen LogP contribution in [-0.2, 0) is 13.0 Å². The Morgan fingerprint density at radius 1 is 1.08 bits per heavy atom. The van der Waals surface area contributed by atoms with E-state index in [4.69, 9.17) is 4.74 Å². The van der Waals surface area contributed by atoms with Crippen LogP contribution in [0.3, 0.4) is 0 Å². The van der Waals surface area contributed by atoms with Crippen molar-refractivity contribution in [2.45, 2.75) is 13.0 Å². The Balaban J connectivity index is 1.18. The van der Waals surface area contributed by atoms with Gasteiger partial charge in [-0.3, -0.25) is 10.00 Å². The number of likely N-dealkylation sites (N-methyl/N-ethyl adjacent to an activating group) is 1. The third-order valence-corrected chi connectivity index (χ3v) is 7.73. The molecule has 0 amide bonds. The lowest BCUT2D eigenvalue weighted by Gasteiger charge is -2.32. The van der Waals surface area contributed by atoms with Crippen molar-refractivity contribution in [2.75, 3.05) is 39.8 Å². The highest BCUT2D eigenvalue weighted by molar-refractivity contribution is 7.11. The maximum Gasteiger partial charge on any atom is 0.149 e. The van der Waals surface area contributed by atoms with Crippen LogP contribution >= 0.6 is 11.3 Å². The van der Waals surface area contributed by atoms with Gasteiger partial charge in [-0.05, 0) is 42.9 Å². The normalized spacial score (nSPS) is 15.3. The number of benzene rings is 2. The van der Waals surface area contributed by atoms with Crippen LogP contribution < -0.4 is 4.74 Å². The molecule has 1 saturated heterocycles. The fourth-order valence-corrected chi connectivity index (χ4v) is 5.67. The van der Waals surface area contributed by atoms with Crippen molar-refractivity contribution in [2.24, 2.45) is 0 Å². The molecular formula is C29H27FN4OS. The summed E-state index contributed by atoms with van der Waals surface area (Å²) in [5, 5.41) is 9.87. The molecule has 3 heterocycles. The van der Waals surface area contributed by atoms with Gasteiger partial charge >= 0.3 is 0 Å². The Hall–Kier alpha value is -3.44. The number of halogens is 1. The second kappa shape index (κ2) is 9.90. The van der Waals surface area contributed by atoms with Crippen LogP contribution in [0.5, 0.6) is 5.75 Å². The SMILES string of the molecule is CN1CCN(Cc2cc(F)c3c(c2)-c2[nH]nc(-c4csc(C#CCOc5ccccc5)c4)c2C3)CC1. The molecular weight excluding hydrogens is 471 g/mol. The molecule has 182 valence electrons. The monoisotopic (exact) mass is 498 g/mol. The molecule has 2 aromatic heterocycles. The first kappa shape index (κ1) is 23.0. The second-order valence-corrected chi connectivity index (χ2v) is 10.3.